The van der Waals surface area contributed by atoms with E-state index >= 15 is 0 Å². The Kier molecular flexibility index (Phi) is 8.43. The number of carbonyl (C=O) groups excluding carboxylic acids is 2. The van der Waals surface area contributed by atoms with Gasteiger partial charge in [-0.1, -0.05) is 31.9 Å². The number of benzene rings is 2. The molecule has 2 aromatic carbocycles. The van der Waals surface area contributed by atoms with E-state index in [1.165, 1.54) is 6.08 Å². The van der Waals surface area contributed by atoms with Gasteiger partial charge in [0.2, 0.25) is 0 Å². The first kappa shape index (κ1) is 25.0. The van der Waals surface area contributed by atoms with Crippen LogP contribution in [-0.4, -0.2) is 36.7 Å². The highest BCUT2D eigenvalue weighted by molar-refractivity contribution is 6.20. The first-order valence-electron chi connectivity index (χ1n) is 11.5. The number of nitrogens with zero attached hydrogens (tertiary/aromatic N) is 1. The van der Waals surface area contributed by atoms with Crippen LogP contribution in [0.4, 0.5) is 10.5 Å². The van der Waals surface area contributed by atoms with Gasteiger partial charge >= 0.3 is 6.03 Å². The number of nitrogens with one attached hydrogen (secondary N) is 3. The summed E-state index contributed by atoms with van der Waals surface area (Å²) in [4.78, 5) is 26.1. The van der Waals surface area contributed by atoms with Crippen LogP contribution in [0.1, 0.15) is 61.5 Å². The summed E-state index contributed by atoms with van der Waals surface area (Å²) in [6.07, 6.45) is 4.37. The second kappa shape index (κ2) is 11.5. The number of amides is 2. The molecule has 0 spiro atoms. The zero-order valence-corrected chi connectivity index (χ0v) is 20.1. The minimum Gasteiger partial charge on any atom is -0.497 e. The molecular formula is C26H33N5O3. The summed E-state index contributed by atoms with van der Waals surface area (Å²) in [5, 5.41) is 10.2. The van der Waals surface area contributed by atoms with Crippen molar-refractivity contribution in [3.05, 3.63) is 65.2 Å². The molecule has 8 nitrogen and oxygen atoms in total. The van der Waals surface area contributed by atoms with Crippen molar-refractivity contribution >= 4 is 28.9 Å². The molecule has 34 heavy (non-hydrogen) atoms. The van der Waals surface area contributed by atoms with E-state index in [0.717, 1.165) is 24.8 Å². The predicted octanol–water partition coefficient (Wildman–Crippen LogP) is 4.27. The van der Waals surface area contributed by atoms with Gasteiger partial charge in [0.25, 0.3) is 0 Å². The van der Waals surface area contributed by atoms with E-state index in [9.17, 15) is 9.59 Å². The van der Waals surface area contributed by atoms with Crippen molar-refractivity contribution < 1.29 is 14.3 Å². The maximum absolute atomic E-state index is 13.4. The highest BCUT2D eigenvalue weighted by Crippen LogP contribution is 2.26. The van der Waals surface area contributed by atoms with Crippen molar-refractivity contribution in [1.29, 1.82) is 0 Å². The Bertz CT molecular complexity index is 1090. The van der Waals surface area contributed by atoms with Crippen molar-refractivity contribution in [2.24, 2.45) is 10.8 Å². The van der Waals surface area contributed by atoms with E-state index in [2.05, 4.69) is 28.1 Å². The number of unbranched alkanes of at least 4 members (excludes halogenated alkanes) is 1. The summed E-state index contributed by atoms with van der Waals surface area (Å²) >= 11 is 0. The van der Waals surface area contributed by atoms with Gasteiger partial charge in [0.15, 0.2) is 5.78 Å². The lowest BCUT2D eigenvalue weighted by Crippen LogP contribution is -2.47. The number of nitrogens with two attached hydrogens (primary N) is 1. The van der Waals surface area contributed by atoms with E-state index in [0.29, 0.717) is 34.0 Å². The fraction of sp³-hybridized carbons (Fsp3) is 0.346. The van der Waals surface area contributed by atoms with Gasteiger partial charge in [0.05, 0.1) is 29.8 Å². The molecule has 2 aromatic rings. The summed E-state index contributed by atoms with van der Waals surface area (Å²) in [6, 6.07) is 11.9. The average molecular weight is 464 g/mol. The number of carbonyl (C=O) groups is 2. The number of ketones is 1. The Morgan fingerprint density at radius 2 is 1.94 bits per heavy atom. The number of fused-ring (bicyclic) bond motifs is 1. The van der Waals surface area contributed by atoms with Crippen molar-refractivity contribution in [3.63, 3.8) is 0 Å². The number of ether oxygens (including phenoxy) is 1. The highest BCUT2D eigenvalue weighted by atomic mass is 16.5. The van der Waals surface area contributed by atoms with E-state index in [-0.39, 0.29) is 17.9 Å². The molecule has 0 aromatic heterocycles. The molecule has 0 saturated heterocycles. The number of urea groups is 1. The molecule has 0 saturated carbocycles. The Hall–Kier alpha value is -3.65. The quantitative estimate of drug-likeness (QED) is 0.466. The summed E-state index contributed by atoms with van der Waals surface area (Å²) < 4.78 is 5.21. The summed E-state index contributed by atoms with van der Waals surface area (Å²) in [7, 11) is 1.60. The number of hydrogen-bond acceptors (Lipinski definition) is 6. The van der Waals surface area contributed by atoms with Gasteiger partial charge in [0, 0.05) is 23.7 Å². The number of allylic oxidation sites excluding steroid dienone is 1. The first-order chi connectivity index (χ1) is 16.3. The molecule has 1 aliphatic rings. The smallest absolute Gasteiger partial charge is 0.319 e. The van der Waals surface area contributed by atoms with E-state index < -0.39 is 6.03 Å². The van der Waals surface area contributed by atoms with Gasteiger partial charge in [0.1, 0.15) is 5.75 Å². The van der Waals surface area contributed by atoms with Crippen LogP contribution in [0.15, 0.2) is 53.6 Å². The minimum absolute atomic E-state index is 0.140. The number of hydrogen-bond donors (Lipinski definition) is 4. The van der Waals surface area contributed by atoms with Crippen LogP contribution < -0.4 is 26.5 Å². The number of hydrazone groups is 1. The Morgan fingerprint density at radius 3 is 2.62 bits per heavy atom. The number of anilines is 1. The zero-order chi connectivity index (χ0) is 24.7. The Morgan fingerprint density at radius 1 is 1.21 bits per heavy atom. The molecular weight excluding hydrogens is 430 g/mol. The predicted molar refractivity (Wildman–Crippen MR) is 136 cm³/mol. The maximum Gasteiger partial charge on any atom is 0.319 e. The largest absolute Gasteiger partial charge is 0.497 e. The molecule has 0 aliphatic carbocycles. The lowest BCUT2D eigenvalue weighted by molar-refractivity contribution is 0.104. The molecule has 1 aliphatic heterocycles. The number of methoxy groups -OCH3 is 1. The van der Waals surface area contributed by atoms with Crippen molar-refractivity contribution in [2.45, 2.75) is 52.1 Å². The van der Waals surface area contributed by atoms with Gasteiger partial charge in [-0.05, 0) is 56.2 Å². The fourth-order valence-electron chi connectivity index (χ4n) is 3.74. The highest BCUT2D eigenvalue weighted by Gasteiger charge is 2.22. The Balaban J connectivity index is 1.87. The third-order valence-corrected chi connectivity index (χ3v) is 5.86. The van der Waals surface area contributed by atoms with Crippen LogP contribution >= 0.6 is 0 Å². The van der Waals surface area contributed by atoms with E-state index in [4.69, 9.17) is 10.5 Å². The second-order valence-corrected chi connectivity index (χ2v) is 8.38. The van der Waals surface area contributed by atoms with Crippen molar-refractivity contribution in [2.75, 3.05) is 12.4 Å². The first-order valence-corrected chi connectivity index (χ1v) is 11.5. The van der Waals surface area contributed by atoms with Crippen LogP contribution in [0, 0.1) is 0 Å². The van der Waals surface area contributed by atoms with Crippen LogP contribution in [0.3, 0.4) is 0 Å². The Labute approximate surface area is 200 Å². The molecule has 5 N–H and O–H groups in total. The standard InChI is InChI=1S/C26H33N5O3/c1-5-6-9-21(27)17(3)28-26(33)29-22-10-7-8-20-16(2)30-31-23(15-24(32)25(20)22)18-11-13-19(34-4)14-12-18/h7-8,10-15,17,21,31H,5-6,9,27H2,1-4H3,(H2,28,29,33)/b23-15+,30-16+. The maximum atomic E-state index is 13.4. The van der Waals surface area contributed by atoms with Crippen LogP contribution in [0.5, 0.6) is 5.75 Å². The topological polar surface area (TPSA) is 118 Å². The van der Waals surface area contributed by atoms with Gasteiger partial charge in [-0.15, -0.1) is 0 Å². The third-order valence-electron chi connectivity index (χ3n) is 5.86. The lowest BCUT2D eigenvalue weighted by Gasteiger charge is -2.22. The average Bonchev–Trinajstić information content (AvgIpc) is 2.83. The summed E-state index contributed by atoms with van der Waals surface area (Å²) in [6.45, 7) is 5.80. The summed E-state index contributed by atoms with van der Waals surface area (Å²) in [5.41, 5.74) is 12.6. The lowest BCUT2D eigenvalue weighted by atomic mass is 9.96. The molecule has 1 heterocycles. The van der Waals surface area contributed by atoms with Gasteiger partial charge in [-0.3, -0.25) is 10.2 Å². The monoisotopic (exact) mass is 463 g/mol. The van der Waals surface area contributed by atoms with Crippen molar-refractivity contribution in [3.8, 4) is 5.75 Å². The second-order valence-electron chi connectivity index (χ2n) is 8.38. The molecule has 3 rings (SSSR count). The zero-order valence-electron chi connectivity index (χ0n) is 20.1. The van der Waals surface area contributed by atoms with Crippen molar-refractivity contribution in [1.82, 2.24) is 10.7 Å². The van der Waals surface area contributed by atoms with Gasteiger partial charge in [-0.2, -0.15) is 5.10 Å². The van der Waals surface area contributed by atoms with Crippen LogP contribution in [0.2, 0.25) is 0 Å². The molecule has 0 bridgehead atoms. The fourth-order valence-corrected chi connectivity index (χ4v) is 3.74. The van der Waals surface area contributed by atoms with Crippen LogP contribution in [-0.2, 0) is 0 Å². The van der Waals surface area contributed by atoms with E-state index in [1.54, 1.807) is 19.2 Å². The summed E-state index contributed by atoms with van der Waals surface area (Å²) in [5.74, 6) is 0.471. The van der Waals surface area contributed by atoms with Crippen LogP contribution in [0.25, 0.3) is 5.70 Å². The number of rotatable bonds is 8. The molecule has 180 valence electrons. The minimum atomic E-state index is -0.408. The molecule has 8 heteroatoms. The van der Waals surface area contributed by atoms with E-state index in [1.807, 2.05) is 44.2 Å². The molecule has 2 atom stereocenters. The molecule has 2 amide bonds. The SMILES string of the molecule is CCCCC(N)C(C)NC(=O)Nc1cccc2c1C(=O)/C=C(\c1ccc(OC)cc1)N/N=C/2C. The normalized spacial score (nSPS) is 18.0. The third kappa shape index (κ3) is 6.02. The molecule has 0 radical (unpaired) electrons. The molecule has 0 fully saturated rings. The van der Waals surface area contributed by atoms with Gasteiger partial charge < -0.3 is 21.1 Å². The van der Waals surface area contributed by atoms with Gasteiger partial charge in [-0.25, -0.2) is 4.79 Å². The molecule has 2 unspecified atom stereocenters.